The minimum absolute atomic E-state index is 0.0154. The molecular weight excluding hydrogens is 288 g/mol. The van der Waals surface area contributed by atoms with E-state index in [2.05, 4.69) is 10.5 Å². The number of rotatable bonds is 7. The second-order valence-corrected chi connectivity index (χ2v) is 4.59. The molecular formula is C15H16N2O5. The third-order valence-electron chi connectivity index (χ3n) is 2.82. The van der Waals surface area contributed by atoms with Crippen LogP contribution < -0.4 is 5.32 Å². The van der Waals surface area contributed by atoms with Crippen molar-refractivity contribution in [3.63, 3.8) is 0 Å². The molecule has 2 N–H and O–H groups in total. The Hall–Kier alpha value is -2.83. The number of alkyl carbamates (subject to hydrolysis) is 1. The molecule has 0 aliphatic rings. The quantitative estimate of drug-likeness (QED) is 0.812. The Morgan fingerprint density at radius 1 is 1.27 bits per heavy atom. The van der Waals surface area contributed by atoms with E-state index in [1.165, 1.54) is 0 Å². The smallest absolute Gasteiger partial charge is 0.407 e. The molecule has 0 aliphatic heterocycles. The van der Waals surface area contributed by atoms with E-state index in [9.17, 15) is 9.59 Å². The van der Waals surface area contributed by atoms with E-state index in [4.69, 9.17) is 14.4 Å². The maximum Gasteiger partial charge on any atom is 0.407 e. The van der Waals surface area contributed by atoms with Gasteiger partial charge in [0.25, 0.3) is 0 Å². The first-order chi connectivity index (χ1) is 10.6. The molecule has 0 atom stereocenters. The Kier molecular flexibility index (Phi) is 5.53. The van der Waals surface area contributed by atoms with Gasteiger partial charge in [-0.05, 0) is 5.56 Å². The Bertz CT molecular complexity index is 624. The number of amides is 1. The van der Waals surface area contributed by atoms with Crippen molar-refractivity contribution < 1.29 is 24.0 Å². The zero-order chi connectivity index (χ0) is 15.8. The van der Waals surface area contributed by atoms with Gasteiger partial charge in [0.1, 0.15) is 6.61 Å². The minimum Gasteiger partial charge on any atom is -0.481 e. The van der Waals surface area contributed by atoms with Gasteiger partial charge in [-0.3, -0.25) is 4.79 Å². The number of aromatic nitrogens is 1. The number of aliphatic carboxylic acids is 1. The van der Waals surface area contributed by atoms with Gasteiger partial charge in [0, 0.05) is 12.5 Å². The number of hydrogen-bond acceptors (Lipinski definition) is 5. The summed E-state index contributed by atoms with van der Waals surface area (Å²) >= 11 is 0. The maximum atomic E-state index is 11.5. The van der Waals surface area contributed by atoms with Crippen molar-refractivity contribution in [2.24, 2.45) is 0 Å². The summed E-state index contributed by atoms with van der Waals surface area (Å²) in [4.78, 5) is 22.0. The molecule has 1 aromatic carbocycles. The summed E-state index contributed by atoms with van der Waals surface area (Å²) in [5.41, 5.74) is 1.44. The average Bonchev–Trinajstić information content (AvgIpc) is 2.98. The second-order valence-electron chi connectivity index (χ2n) is 4.59. The number of carbonyl (C=O) groups excluding carboxylic acids is 1. The summed E-state index contributed by atoms with van der Waals surface area (Å²) in [6, 6.07) is 10.9. The summed E-state index contributed by atoms with van der Waals surface area (Å²) in [6.45, 7) is 0.320. The molecule has 0 radical (unpaired) electrons. The Balaban J connectivity index is 1.71. The van der Waals surface area contributed by atoms with Crippen LogP contribution in [-0.4, -0.2) is 22.3 Å². The molecule has 2 rings (SSSR count). The number of hydrogen-bond donors (Lipinski definition) is 2. The lowest BCUT2D eigenvalue weighted by atomic mass is 10.2. The number of aryl methyl sites for hydroxylation is 1. The monoisotopic (exact) mass is 304 g/mol. The third kappa shape index (κ3) is 5.28. The highest BCUT2D eigenvalue weighted by molar-refractivity contribution is 5.67. The highest BCUT2D eigenvalue weighted by Crippen LogP contribution is 2.06. The van der Waals surface area contributed by atoms with Crippen LogP contribution in [0.25, 0.3) is 0 Å². The lowest BCUT2D eigenvalue weighted by Crippen LogP contribution is -2.23. The molecule has 22 heavy (non-hydrogen) atoms. The van der Waals surface area contributed by atoms with E-state index in [0.29, 0.717) is 11.5 Å². The summed E-state index contributed by atoms with van der Waals surface area (Å²) in [5, 5.41) is 14.8. The lowest BCUT2D eigenvalue weighted by molar-refractivity contribution is -0.136. The van der Waals surface area contributed by atoms with Gasteiger partial charge in [-0.25, -0.2) is 4.79 Å². The van der Waals surface area contributed by atoms with Gasteiger partial charge in [0.05, 0.1) is 18.7 Å². The van der Waals surface area contributed by atoms with Crippen LogP contribution in [0.3, 0.4) is 0 Å². The van der Waals surface area contributed by atoms with Gasteiger partial charge in [-0.2, -0.15) is 0 Å². The van der Waals surface area contributed by atoms with Crippen LogP contribution in [0, 0.1) is 0 Å². The van der Waals surface area contributed by atoms with Gasteiger partial charge < -0.3 is 19.7 Å². The van der Waals surface area contributed by atoms with Crippen LogP contribution in [0.1, 0.15) is 23.4 Å². The molecule has 0 aliphatic carbocycles. The van der Waals surface area contributed by atoms with E-state index < -0.39 is 12.1 Å². The SMILES string of the molecule is O=C(O)CCc1cc(CNC(=O)OCc2ccccc2)on1. The molecule has 7 heteroatoms. The van der Waals surface area contributed by atoms with Crippen LogP contribution in [0.15, 0.2) is 40.9 Å². The van der Waals surface area contributed by atoms with Gasteiger partial charge in [-0.1, -0.05) is 35.5 Å². The first kappa shape index (κ1) is 15.6. The van der Waals surface area contributed by atoms with Crippen LogP contribution in [-0.2, 0) is 29.1 Å². The van der Waals surface area contributed by atoms with Crippen LogP contribution in [0.2, 0.25) is 0 Å². The van der Waals surface area contributed by atoms with E-state index in [-0.39, 0.29) is 26.0 Å². The first-order valence-corrected chi connectivity index (χ1v) is 6.74. The Morgan fingerprint density at radius 3 is 2.77 bits per heavy atom. The number of benzene rings is 1. The predicted octanol–water partition coefficient (Wildman–Crippen LogP) is 2.12. The van der Waals surface area contributed by atoms with Gasteiger partial charge >= 0.3 is 12.1 Å². The van der Waals surface area contributed by atoms with Crippen molar-refractivity contribution in [1.29, 1.82) is 0 Å². The fourth-order valence-electron chi connectivity index (χ4n) is 1.73. The largest absolute Gasteiger partial charge is 0.481 e. The maximum absolute atomic E-state index is 11.5. The molecule has 0 bridgehead atoms. The summed E-state index contributed by atoms with van der Waals surface area (Å²) < 4.78 is 10.0. The summed E-state index contributed by atoms with van der Waals surface area (Å²) in [6.07, 6.45) is -0.289. The molecule has 0 unspecified atom stereocenters. The lowest BCUT2D eigenvalue weighted by Gasteiger charge is -2.05. The van der Waals surface area contributed by atoms with E-state index in [1.54, 1.807) is 6.07 Å². The van der Waals surface area contributed by atoms with E-state index in [1.807, 2.05) is 30.3 Å². The highest BCUT2D eigenvalue weighted by Gasteiger charge is 2.08. The van der Waals surface area contributed by atoms with Gasteiger partial charge in [-0.15, -0.1) is 0 Å². The summed E-state index contributed by atoms with van der Waals surface area (Å²) in [7, 11) is 0. The number of nitrogens with one attached hydrogen (secondary N) is 1. The second kappa shape index (κ2) is 7.82. The van der Waals surface area contributed by atoms with Crippen molar-refractivity contribution in [1.82, 2.24) is 10.5 Å². The third-order valence-corrected chi connectivity index (χ3v) is 2.82. The van der Waals surface area contributed by atoms with E-state index in [0.717, 1.165) is 5.56 Å². The Morgan fingerprint density at radius 2 is 2.05 bits per heavy atom. The van der Waals surface area contributed by atoms with E-state index >= 15 is 0 Å². The van der Waals surface area contributed by atoms with Crippen molar-refractivity contribution in [3.05, 3.63) is 53.4 Å². The Labute approximate surface area is 126 Å². The molecule has 0 fully saturated rings. The first-order valence-electron chi connectivity index (χ1n) is 6.74. The van der Waals surface area contributed by atoms with Crippen LogP contribution in [0.5, 0.6) is 0 Å². The van der Waals surface area contributed by atoms with Crippen LogP contribution >= 0.6 is 0 Å². The molecule has 1 aromatic heterocycles. The fraction of sp³-hybridized carbons (Fsp3) is 0.267. The average molecular weight is 304 g/mol. The molecule has 116 valence electrons. The fourth-order valence-corrected chi connectivity index (χ4v) is 1.73. The number of ether oxygens (including phenoxy) is 1. The molecule has 0 saturated heterocycles. The van der Waals surface area contributed by atoms with Crippen molar-refractivity contribution in [2.45, 2.75) is 26.0 Å². The standard InChI is InChI=1S/C15H16N2O5/c18-14(19)7-6-12-8-13(22-17-12)9-16-15(20)21-10-11-4-2-1-3-5-11/h1-5,8H,6-7,9-10H2,(H,16,20)(H,18,19). The zero-order valence-electron chi connectivity index (χ0n) is 11.8. The minimum atomic E-state index is -0.896. The van der Waals surface area contributed by atoms with Crippen molar-refractivity contribution in [2.75, 3.05) is 0 Å². The molecule has 7 nitrogen and oxygen atoms in total. The predicted molar refractivity (Wildman–Crippen MR) is 75.9 cm³/mol. The van der Waals surface area contributed by atoms with Gasteiger partial charge in [0.2, 0.25) is 0 Å². The number of carboxylic acid groups (broad SMARTS) is 1. The molecule has 1 heterocycles. The topological polar surface area (TPSA) is 102 Å². The molecule has 1 amide bonds. The number of carbonyl (C=O) groups is 2. The van der Waals surface area contributed by atoms with Gasteiger partial charge in [0.15, 0.2) is 5.76 Å². The normalized spacial score (nSPS) is 10.2. The molecule has 2 aromatic rings. The van der Waals surface area contributed by atoms with Crippen molar-refractivity contribution in [3.8, 4) is 0 Å². The molecule has 0 spiro atoms. The highest BCUT2D eigenvalue weighted by atomic mass is 16.5. The van der Waals surface area contributed by atoms with Crippen LogP contribution in [0.4, 0.5) is 4.79 Å². The summed E-state index contributed by atoms with van der Waals surface area (Å²) in [5.74, 6) is -0.454. The zero-order valence-corrected chi connectivity index (χ0v) is 11.8. The molecule has 0 saturated carbocycles. The van der Waals surface area contributed by atoms with Crippen molar-refractivity contribution >= 4 is 12.1 Å². The number of carboxylic acids is 1. The number of nitrogens with zero attached hydrogens (tertiary/aromatic N) is 1.